The van der Waals surface area contributed by atoms with Crippen LogP contribution in [0.3, 0.4) is 0 Å². The second kappa shape index (κ2) is 13.5. The molecule has 0 aliphatic rings. The molecule has 3 aromatic carbocycles. The number of nitrogens with zero attached hydrogens (tertiary/aromatic N) is 3. The molecule has 220 valence electrons. The first-order valence-corrected chi connectivity index (χ1v) is 14.8. The van der Waals surface area contributed by atoms with Gasteiger partial charge >= 0.3 is 5.97 Å². The predicted octanol–water partition coefficient (Wildman–Crippen LogP) is 7.52. The minimum Gasteiger partial charge on any atom is -0.494 e. The van der Waals surface area contributed by atoms with Crippen LogP contribution in [0.1, 0.15) is 57.2 Å². The van der Waals surface area contributed by atoms with Crippen LogP contribution in [0.4, 0.5) is 0 Å². The van der Waals surface area contributed by atoms with Crippen LogP contribution in [0.25, 0.3) is 22.3 Å². The molecule has 1 heterocycles. The predicted molar refractivity (Wildman–Crippen MR) is 170 cm³/mol. The van der Waals surface area contributed by atoms with Gasteiger partial charge in [0, 0.05) is 5.56 Å². The standard InChI is InChI=1S/C32H33BrClN3O5/c1-7-40-28-12-20(6)24(15-23(28)18(2)3)31-36-27-11-9-8-10-22(27)32(39)37(31)35-16-21-13-25(33)30(26(34)14-21)41-17-29(38)42-19(4)5/h8-16,18-19H,7,17H2,1-6H3. The molecule has 4 aromatic rings. The molecule has 0 radical (unpaired) electrons. The summed E-state index contributed by atoms with van der Waals surface area (Å²) in [7, 11) is 0. The van der Waals surface area contributed by atoms with Crippen LogP contribution in [0.15, 0.2) is 62.9 Å². The molecule has 8 nitrogen and oxygen atoms in total. The summed E-state index contributed by atoms with van der Waals surface area (Å²) in [5, 5.41) is 5.29. The molecule has 0 aliphatic carbocycles. The summed E-state index contributed by atoms with van der Waals surface area (Å²) in [4.78, 5) is 30.5. The molecular weight excluding hydrogens is 622 g/mol. The summed E-state index contributed by atoms with van der Waals surface area (Å²) in [6.45, 7) is 11.9. The van der Waals surface area contributed by atoms with Crippen molar-refractivity contribution in [1.82, 2.24) is 9.66 Å². The molecule has 0 unspecified atom stereocenters. The second-order valence-electron chi connectivity index (χ2n) is 10.2. The molecule has 0 saturated heterocycles. The fourth-order valence-electron chi connectivity index (χ4n) is 4.42. The highest BCUT2D eigenvalue weighted by molar-refractivity contribution is 9.10. The molecular formula is C32H33BrClN3O5. The van der Waals surface area contributed by atoms with Crippen LogP contribution in [-0.2, 0) is 9.53 Å². The monoisotopic (exact) mass is 653 g/mol. The van der Waals surface area contributed by atoms with Gasteiger partial charge < -0.3 is 14.2 Å². The van der Waals surface area contributed by atoms with Crippen LogP contribution in [0, 0.1) is 6.92 Å². The fourth-order valence-corrected chi connectivity index (χ4v) is 5.41. The van der Waals surface area contributed by atoms with Gasteiger partial charge in [-0.2, -0.15) is 9.78 Å². The van der Waals surface area contributed by atoms with E-state index in [0.29, 0.717) is 39.1 Å². The normalized spacial score (nSPS) is 11.6. The van der Waals surface area contributed by atoms with Gasteiger partial charge in [-0.1, -0.05) is 37.6 Å². The number of hydrogen-bond acceptors (Lipinski definition) is 7. The lowest BCUT2D eigenvalue weighted by molar-refractivity contribution is -0.149. The van der Waals surface area contributed by atoms with Crippen molar-refractivity contribution < 1.29 is 19.0 Å². The molecule has 1 aromatic heterocycles. The second-order valence-corrected chi connectivity index (χ2v) is 11.5. The van der Waals surface area contributed by atoms with Crippen molar-refractivity contribution in [2.75, 3.05) is 13.2 Å². The van der Waals surface area contributed by atoms with Gasteiger partial charge in [-0.25, -0.2) is 9.78 Å². The Balaban J connectivity index is 1.79. The first kappa shape index (κ1) is 31.3. The molecule has 0 spiro atoms. The lowest BCUT2D eigenvalue weighted by Gasteiger charge is -2.18. The van der Waals surface area contributed by atoms with Crippen LogP contribution in [0.2, 0.25) is 5.02 Å². The average Bonchev–Trinajstić information content (AvgIpc) is 2.92. The molecule has 0 fully saturated rings. The topological polar surface area (TPSA) is 92.0 Å². The maximum atomic E-state index is 13.7. The van der Waals surface area contributed by atoms with Gasteiger partial charge in [0.15, 0.2) is 18.2 Å². The van der Waals surface area contributed by atoms with Crippen molar-refractivity contribution in [3.8, 4) is 22.9 Å². The number of para-hydroxylation sites is 1. The van der Waals surface area contributed by atoms with Crippen LogP contribution >= 0.6 is 27.5 Å². The first-order valence-electron chi connectivity index (χ1n) is 13.6. The molecule has 4 rings (SSSR count). The largest absolute Gasteiger partial charge is 0.494 e. The third-order valence-corrected chi connectivity index (χ3v) is 7.19. The molecule has 42 heavy (non-hydrogen) atoms. The number of fused-ring (bicyclic) bond motifs is 1. The number of aryl methyl sites for hydroxylation is 1. The molecule has 0 saturated carbocycles. The maximum Gasteiger partial charge on any atom is 0.344 e. The van der Waals surface area contributed by atoms with E-state index in [-0.39, 0.29) is 29.2 Å². The Morgan fingerprint density at radius 1 is 1.12 bits per heavy atom. The average molecular weight is 655 g/mol. The highest BCUT2D eigenvalue weighted by Gasteiger charge is 2.19. The minimum absolute atomic E-state index is 0.183. The number of hydrogen-bond donors (Lipinski definition) is 0. The fraction of sp³-hybridized carbons (Fsp3) is 0.312. The Hall–Kier alpha value is -3.69. The highest BCUT2D eigenvalue weighted by Crippen LogP contribution is 2.35. The number of halogens is 2. The number of esters is 1. The van der Waals surface area contributed by atoms with Crippen molar-refractivity contribution >= 4 is 50.6 Å². The Morgan fingerprint density at radius 3 is 2.52 bits per heavy atom. The summed E-state index contributed by atoms with van der Waals surface area (Å²) in [5.41, 5.74) is 3.56. The summed E-state index contributed by atoms with van der Waals surface area (Å²) >= 11 is 9.95. The quantitative estimate of drug-likeness (QED) is 0.130. The van der Waals surface area contributed by atoms with Gasteiger partial charge in [-0.15, -0.1) is 0 Å². The van der Waals surface area contributed by atoms with E-state index in [1.165, 1.54) is 10.9 Å². The Kier molecular flexibility index (Phi) is 10.1. The van der Waals surface area contributed by atoms with Crippen molar-refractivity contribution in [2.24, 2.45) is 5.10 Å². The zero-order valence-electron chi connectivity index (χ0n) is 24.4. The summed E-state index contributed by atoms with van der Waals surface area (Å²) in [6, 6.07) is 14.6. The van der Waals surface area contributed by atoms with Gasteiger partial charge in [0.05, 0.1) is 39.3 Å². The van der Waals surface area contributed by atoms with Gasteiger partial charge in [-0.05, 0) is 103 Å². The Labute approximate surface area is 258 Å². The molecule has 0 amide bonds. The van der Waals surface area contributed by atoms with E-state index < -0.39 is 5.97 Å². The van der Waals surface area contributed by atoms with E-state index in [1.807, 2.05) is 38.1 Å². The van der Waals surface area contributed by atoms with Crippen molar-refractivity contribution in [3.05, 3.63) is 85.1 Å². The van der Waals surface area contributed by atoms with Crippen LogP contribution in [0.5, 0.6) is 11.5 Å². The van der Waals surface area contributed by atoms with Gasteiger partial charge in [0.1, 0.15) is 5.75 Å². The van der Waals surface area contributed by atoms with E-state index in [9.17, 15) is 9.59 Å². The van der Waals surface area contributed by atoms with Gasteiger partial charge in [0.2, 0.25) is 0 Å². The number of ether oxygens (including phenoxy) is 3. The summed E-state index contributed by atoms with van der Waals surface area (Å²) in [5.74, 6) is 1.20. The molecule has 10 heteroatoms. The summed E-state index contributed by atoms with van der Waals surface area (Å²) < 4.78 is 18.4. The van der Waals surface area contributed by atoms with E-state index in [2.05, 4.69) is 34.9 Å². The van der Waals surface area contributed by atoms with Crippen LogP contribution < -0.4 is 15.0 Å². The smallest absolute Gasteiger partial charge is 0.344 e. The number of benzene rings is 3. The highest BCUT2D eigenvalue weighted by atomic mass is 79.9. The first-order chi connectivity index (χ1) is 20.0. The van der Waals surface area contributed by atoms with Crippen LogP contribution in [-0.4, -0.2) is 41.2 Å². The molecule has 0 atom stereocenters. The van der Waals surface area contributed by atoms with E-state index in [4.69, 9.17) is 30.8 Å². The zero-order valence-corrected chi connectivity index (χ0v) is 26.7. The third-order valence-electron chi connectivity index (χ3n) is 6.32. The van der Waals surface area contributed by atoms with Crippen molar-refractivity contribution in [2.45, 2.75) is 53.6 Å². The Morgan fingerprint density at radius 2 is 1.86 bits per heavy atom. The zero-order chi connectivity index (χ0) is 30.6. The minimum atomic E-state index is -0.500. The molecule has 0 aliphatic heterocycles. The number of carbonyl (C=O) groups excluding carboxylic acids is 1. The third kappa shape index (κ3) is 7.02. The lowest BCUT2D eigenvalue weighted by atomic mass is 9.96. The summed E-state index contributed by atoms with van der Waals surface area (Å²) in [6.07, 6.45) is 1.28. The van der Waals surface area contributed by atoms with Crippen molar-refractivity contribution in [3.63, 3.8) is 0 Å². The van der Waals surface area contributed by atoms with Gasteiger partial charge in [0.25, 0.3) is 5.56 Å². The van der Waals surface area contributed by atoms with E-state index in [1.54, 1.807) is 38.1 Å². The number of rotatable bonds is 10. The lowest BCUT2D eigenvalue weighted by Crippen LogP contribution is -2.21. The van der Waals surface area contributed by atoms with Gasteiger partial charge in [-0.3, -0.25) is 4.79 Å². The number of aromatic nitrogens is 2. The SMILES string of the molecule is CCOc1cc(C)c(-c2nc3ccccc3c(=O)n2N=Cc2cc(Cl)c(OCC(=O)OC(C)C)c(Br)c2)cc1C(C)C. The molecule has 0 bridgehead atoms. The maximum absolute atomic E-state index is 13.7. The van der Waals surface area contributed by atoms with Crippen molar-refractivity contribution in [1.29, 1.82) is 0 Å². The van der Waals surface area contributed by atoms with E-state index in [0.717, 1.165) is 22.4 Å². The number of carbonyl (C=O) groups is 1. The molecule has 0 N–H and O–H groups in total. The van der Waals surface area contributed by atoms with E-state index >= 15 is 0 Å². The Bertz CT molecular complexity index is 1690.